The van der Waals surface area contributed by atoms with Gasteiger partial charge in [0.1, 0.15) is 0 Å². The largest absolute Gasteiger partial charge is 0.353 e. The first kappa shape index (κ1) is 18.9. The number of carbonyl (C=O) groups excluding carboxylic acids is 2. The summed E-state index contributed by atoms with van der Waals surface area (Å²) < 4.78 is 0. The first-order chi connectivity index (χ1) is 12.5. The van der Waals surface area contributed by atoms with Crippen LogP contribution in [0.25, 0.3) is 0 Å². The van der Waals surface area contributed by atoms with E-state index in [0.717, 1.165) is 25.7 Å². The van der Waals surface area contributed by atoms with Gasteiger partial charge < -0.3 is 10.6 Å². The maximum absolute atomic E-state index is 11.5. The molecule has 2 amide bonds. The Bertz CT molecular complexity index is 571. The van der Waals surface area contributed by atoms with E-state index >= 15 is 0 Å². The van der Waals surface area contributed by atoms with Gasteiger partial charge in [0, 0.05) is 37.8 Å². The van der Waals surface area contributed by atoms with Crippen molar-refractivity contribution in [2.24, 2.45) is 0 Å². The van der Waals surface area contributed by atoms with Crippen molar-refractivity contribution in [3.8, 4) is 0 Å². The van der Waals surface area contributed by atoms with E-state index in [-0.39, 0.29) is 23.9 Å². The summed E-state index contributed by atoms with van der Waals surface area (Å²) >= 11 is 0. The van der Waals surface area contributed by atoms with Gasteiger partial charge >= 0.3 is 0 Å². The van der Waals surface area contributed by atoms with E-state index in [2.05, 4.69) is 34.9 Å². The molecule has 4 atom stereocenters. The molecule has 4 nitrogen and oxygen atoms in total. The van der Waals surface area contributed by atoms with Crippen molar-refractivity contribution in [3.63, 3.8) is 0 Å². The van der Waals surface area contributed by atoms with Crippen LogP contribution in [0.5, 0.6) is 0 Å². The van der Waals surface area contributed by atoms with Gasteiger partial charge in [0.05, 0.1) is 0 Å². The van der Waals surface area contributed by atoms with Crippen LogP contribution < -0.4 is 10.6 Å². The van der Waals surface area contributed by atoms with Gasteiger partial charge in [0.15, 0.2) is 0 Å². The number of hydrogen-bond donors (Lipinski definition) is 2. The molecule has 0 unspecified atom stereocenters. The van der Waals surface area contributed by atoms with E-state index in [0.29, 0.717) is 11.8 Å². The Kier molecular flexibility index (Phi) is 6.33. The minimum absolute atomic E-state index is 0.0684. The summed E-state index contributed by atoms with van der Waals surface area (Å²) in [6.07, 6.45) is 9.27. The summed E-state index contributed by atoms with van der Waals surface area (Å²) in [5, 5.41) is 6.30. The average molecular weight is 357 g/mol. The van der Waals surface area contributed by atoms with Crippen molar-refractivity contribution in [2.45, 2.75) is 89.1 Å². The lowest BCUT2D eigenvalue weighted by atomic mass is 9.77. The molecule has 1 aromatic carbocycles. The number of carbonyl (C=O) groups is 2. The van der Waals surface area contributed by atoms with Gasteiger partial charge in [-0.2, -0.15) is 0 Å². The van der Waals surface area contributed by atoms with Gasteiger partial charge in [-0.15, -0.1) is 0 Å². The lowest BCUT2D eigenvalue weighted by Gasteiger charge is -2.34. The summed E-state index contributed by atoms with van der Waals surface area (Å²) in [4.78, 5) is 23.1. The van der Waals surface area contributed by atoms with E-state index in [9.17, 15) is 9.59 Å². The molecule has 0 radical (unpaired) electrons. The Morgan fingerprint density at radius 1 is 0.692 bits per heavy atom. The van der Waals surface area contributed by atoms with Gasteiger partial charge in [-0.3, -0.25) is 9.59 Å². The molecule has 0 aromatic heterocycles. The molecule has 2 aliphatic rings. The minimum atomic E-state index is 0.0684. The molecular formula is C22H32N2O2. The second-order valence-corrected chi connectivity index (χ2v) is 8.06. The Labute approximate surface area is 157 Å². The van der Waals surface area contributed by atoms with E-state index in [4.69, 9.17) is 0 Å². The predicted molar refractivity (Wildman–Crippen MR) is 104 cm³/mol. The molecule has 26 heavy (non-hydrogen) atoms. The standard InChI is InChI=1S/C22H32N2O2/c1-15(25)23-21-9-5-3-7-19(21)17-11-13-18(14-12-17)20-8-4-6-10-22(20)24-16(2)26/h11-14,19-22H,3-10H2,1-2H3,(H,23,25)(H,24,26)/t19-,20+,21-,22+. The molecule has 4 heteroatoms. The molecule has 0 heterocycles. The van der Waals surface area contributed by atoms with Crippen LogP contribution in [0.2, 0.25) is 0 Å². The van der Waals surface area contributed by atoms with Crippen molar-refractivity contribution in [2.75, 3.05) is 0 Å². The van der Waals surface area contributed by atoms with Gasteiger partial charge in [0.2, 0.25) is 11.8 Å². The van der Waals surface area contributed by atoms with Crippen LogP contribution in [0.15, 0.2) is 24.3 Å². The Hall–Kier alpha value is -1.84. The average Bonchev–Trinajstić information content (AvgIpc) is 2.62. The van der Waals surface area contributed by atoms with Gasteiger partial charge in [-0.25, -0.2) is 0 Å². The predicted octanol–water partition coefficient (Wildman–Crippen LogP) is 4.01. The molecule has 3 rings (SSSR count). The van der Waals surface area contributed by atoms with E-state index in [1.807, 2.05) is 0 Å². The second-order valence-electron chi connectivity index (χ2n) is 8.06. The summed E-state index contributed by atoms with van der Waals surface area (Å²) in [5.74, 6) is 0.969. The fraction of sp³-hybridized carbons (Fsp3) is 0.636. The van der Waals surface area contributed by atoms with Crippen LogP contribution in [0.4, 0.5) is 0 Å². The molecule has 2 fully saturated rings. The Morgan fingerprint density at radius 3 is 1.38 bits per heavy atom. The van der Waals surface area contributed by atoms with Crippen LogP contribution >= 0.6 is 0 Å². The van der Waals surface area contributed by atoms with Crippen LogP contribution in [0, 0.1) is 0 Å². The molecule has 142 valence electrons. The molecule has 2 aliphatic carbocycles. The zero-order chi connectivity index (χ0) is 18.5. The van der Waals surface area contributed by atoms with Crippen molar-refractivity contribution >= 4 is 11.8 Å². The topological polar surface area (TPSA) is 58.2 Å². The summed E-state index contributed by atoms with van der Waals surface area (Å²) in [6.45, 7) is 3.22. The first-order valence-electron chi connectivity index (χ1n) is 10.2. The molecule has 2 N–H and O–H groups in total. The number of hydrogen-bond acceptors (Lipinski definition) is 2. The fourth-order valence-corrected chi connectivity index (χ4v) is 4.92. The van der Waals surface area contributed by atoms with E-state index in [1.165, 1.54) is 36.8 Å². The summed E-state index contributed by atoms with van der Waals surface area (Å²) in [5.41, 5.74) is 2.66. The first-order valence-corrected chi connectivity index (χ1v) is 10.2. The highest BCUT2D eigenvalue weighted by Crippen LogP contribution is 2.36. The molecule has 1 aromatic rings. The maximum Gasteiger partial charge on any atom is 0.217 e. The third kappa shape index (κ3) is 4.66. The number of amides is 2. The van der Waals surface area contributed by atoms with Gasteiger partial charge in [-0.1, -0.05) is 49.9 Å². The monoisotopic (exact) mass is 356 g/mol. The van der Waals surface area contributed by atoms with E-state index in [1.54, 1.807) is 13.8 Å². The van der Waals surface area contributed by atoms with Crippen molar-refractivity contribution in [1.82, 2.24) is 10.6 Å². The zero-order valence-corrected chi connectivity index (χ0v) is 16.1. The second kappa shape index (κ2) is 8.70. The number of rotatable bonds is 4. The lowest BCUT2D eigenvalue weighted by molar-refractivity contribution is -0.120. The highest BCUT2D eigenvalue weighted by molar-refractivity contribution is 5.73. The maximum atomic E-state index is 11.5. The molecule has 0 bridgehead atoms. The van der Waals surface area contributed by atoms with Crippen LogP contribution in [-0.2, 0) is 9.59 Å². The molecule has 2 saturated carbocycles. The number of nitrogens with one attached hydrogen (secondary N) is 2. The minimum Gasteiger partial charge on any atom is -0.353 e. The zero-order valence-electron chi connectivity index (χ0n) is 16.1. The quantitative estimate of drug-likeness (QED) is 0.856. The normalized spacial score (nSPS) is 29.0. The smallest absolute Gasteiger partial charge is 0.217 e. The SMILES string of the molecule is CC(=O)N[C@H]1CCCC[C@H]1c1ccc([C@H]2CCCC[C@H]2NC(C)=O)cc1. The van der Waals surface area contributed by atoms with Gasteiger partial charge in [0.25, 0.3) is 0 Å². The van der Waals surface area contributed by atoms with Crippen LogP contribution in [0.3, 0.4) is 0 Å². The van der Waals surface area contributed by atoms with Crippen LogP contribution in [-0.4, -0.2) is 23.9 Å². The van der Waals surface area contributed by atoms with E-state index < -0.39 is 0 Å². The molecule has 0 aliphatic heterocycles. The number of benzene rings is 1. The molecule has 0 spiro atoms. The third-order valence-electron chi connectivity index (χ3n) is 6.10. The van der Waals surface area contributed by atoms with Gasteiger partial charge in [-0.05, 0) is 36.8 Å². The Morgan fingerprint density at radius 2 is 1.04 bits per heavy atom. The van der Waals surface area contributed by atoms with Crippen LogP contribution in [0.1, 0.15) is 88.2 Å². The summed E-state index contributed by atoms with van der Waals surface area (Å²) in [6, 6.07) is 9.51. The molecular weight excluding hydrogens is 324 g/mol. The van der Waals surface area contributed by atoms with Crippen molar-refractivity contribution < 1.29 is 9.59 Å². The Balaban J connectivity index is 1.74. The highest BCUT2D eigenvalue weighted by atomic mass is 16.2. The van der Waals surface area contributed by atoms with Crippen molar-refractivity contribution in [1.29, 1.82) is 0 Å². The van der Waals surface area contributed by atoms with Crippen molar-refractivity contribution in [3.05, 3.63) is 35.4 Å². The molecule has 0 saturated heterocycles. The lowest BCUT2D eigenvalue weighted by Crippen LogP contribution is -2.40. The highest BCUT2D eigenvalue weighted by Gasteiger charge is 2.29. The fourth-order valence-electron chi connectivity index (χ4n) is 4.92. The third-order valence-corrected chi connectivity index (χ3v) is 6.10. The summed E-state index contributed by atoms with van der Waals surface area (Å²) in [7, 11) is 0.